The highest BCUT2D eigenvalue weighted by Gasteiger charge is 2.36. The van der Waals surface area contributed by atoms with Gasteiger partial charge in [0.05, 0.1) is 5.97 Å². The van der Waals surface area contributed by atoms with Crippen molar-refractivity contribution in [2.24, 2.45) is 5.92 Å². The minimum atomic E-state index is -3.02. The molecule has 0 heterocycles. The standard InChI is InChI=1S/C7H10O7/c1-3(5(10)11)7(14,6(12)13)2-4(8)9/h3,14H,2H2,1H3,(H,8,9)(H,10,11)(H,12,13)/p-3/t3-,7+/m0/s1. The van der Waals surface area contributed by atoms with Crippen molar-refractivity contribution in [1.29, 1.82) is 0 Å². The largest absolute Gasteiger partial charge is 0.550 e. The number of carbonyl (C=O) groups excluding carboxylic acids is 3. The highest BCUT2D eigenvalue weighted by atomic mass is 16.4. The summed E-state index contributed by atoms with van der Waals surface area (Å²) in [6.45, 7) is 0.800. The van der Waals surface area contributed by atoms with Crippen LogP contribution in [-0.2, 0) is 14.4 Å². The molecule has 0 aliphatic heterocycles. The van der Waals surface area contributed by atoms with Crippen LogP contribution < -0.4 is 15.3 Å². The van der Waals surface area contributed by atoms with E-state index in [2.05, 4.69) is 0 Å². The van der Waals surface area contributed by atoms with E-state index >= 15 is 0 Å². The predicted molar refractivity (Wildman–Crippen MR) is 33.8 cm³/mol. The maximum atomic E-state index is 10.4. The van der Waals surface area contributed by atoms with Crippen LogP contribution in [0.2, 0.25) is 0 Å². The Morgan fingerprint density at radius 1 is 1.29 bits per heavy atom. The van der Waals surface area contributed by atoms with Gasteiger partial charge in [0.15, 0.2) is 0 Å². The smallest absolute Gasteiger partial charge is 0.117 e. The van der Waals surface area contributed by atoms with Gasteiger partial charge in [-0.3, -0.25) is 0 Å². The fraction of sp³-hybridized carbons (Fsp3) is 0.571. The SMILES string of the molecule is C[C@@H](C(=O)[O-])[C@](O)(CC(=O)[O-])C(=O)[O-]. The van der Waals surface area contributed by atoms with E-state index < -0.39 is 35.8 Å². The minimum Gasteiger partial charge on any atom is -0.550 e. The zero-order valence-electron chi connectivity index (χ0n) is 7.18. The topological polar surface area (TPSA) is 141 Å². The van der Waals surface area contributed by atoms with Crippen LogP contribution in [0.15, 0.2) is 0 Å². The summed E-state index contributed by atoms with van der Waals surface area (Å²) in [5.74, 6) is -7.90. The van der Waals surface area contributed by atoms with Crippen LogP contribution in [0.5, 0.6) is 0 Å². The van der Waals surface area contributed by atoms with Gasteiger partial charge in [0, 0.05) is 24.3 Å². The van der Waals surface area contributed by atoms with E-state index in [-0.39, 0.29) is 0 Å². The molecule has 0 spiro atoms. The van der Waals surface area contributed by atoms with Crippen LogP contribution >= 0.6 is 0 Å². The Kier molecular flexibility index (Phi) is 3.58. The highest BCUT2D eigenvalue weighted by molar-refractivity contribution is 5.87. The molecular formula is C7H7O7-3. The zero-order chi connectivity index (χ0) is 11.5. The van der Waals surface area contributed by atoms with Gasteiger partial charge in [-0.25, -0.2) is 0 Å². The summed E-state index contributed by atoms with van der Waals surface area (Å²) in [5.41, 5.74) is -3.02. The summed E-state index contributed by atoms with van der Waals surface area (Å²) in [6, 6.07) is 0. The molecular weight excluding hydrogens is 196 g/mol. The van der Waals surface area contributed by atoms with E-state index in [0.29, 0.717) is 0 Å². The van der Waals surface area contributed by atoms with Crippen molar-refractivity contribution in [3.63, 3.8) is 0 Å². The van der Waals surface area contributed by atoms with Crippen molar-refractivity contribution in [3.8, 4) is 0 Å². The molecule has 0 aromatic carbocycles. The molecule has 0 amide bonds. The molecule has 0 saturated heterocycles. The molecule has 0 fully saturated rings. The second-order valence-corrected chi connectivity index (χ2v) is 2.80. The average molecular weight is 203 g/mol. The van der Waals surface area contributed by atoms with Crippen molar-refractivity contribution < 1.29 is 34.8 Å². The van der Waals surface area contributed by atoms with E-state index in [0.717, 1.165) is 6.92 Å². The molecule has 7 nitrogen and oxygen atoms in total. The molecule has 0 bridgehead atoms. The van der Waals surface area contributed by atoms with Crippen LogP contribution in [0.4, 0.5) is 0 Å². The second kappa shape index (κ2) is 4.05. The van der Waals surface area contributed by atoms with E-state index in [1.54, 1.807) is 0 Å². The van der Waals surface area contributed by atoms with Gasteiger partial charge in [-0.1, -0.05) is 6.92 Å². The molecule has 0 aliphatic rings. The Balaban J connectivity index is 4.99. The summed E-state index contributed by atoms with van der Waals surface area (Å²) in [4.78, 5) is 30.7. The first kappa shape index (κ1) is 12.4. The van der Waals surface area contributed by atoms with Crippen LogP contribution in [-0.4, -0.2) is 28.6 Å². The minimum absolute atomic E-state index is 0.800. The molecule has 0 unspecified atom stereocenters. The average Bonchev–Trinajstić information content (AvgIpc) is 2.00. The molecule has 0 rings (SSSR count). The number of carboxylic acid groups (broad SMARTS) is 3. The Bertz CT molecular complexity index is 271. The van der Waals surface area contributed by atoms with Gasteiger partial charge >= 0.3 is 0 Å². The lowest BCUT2D eigenvalue weighted by molar-refractivity contribution is -0.345. The van der Waals surface area contributed by atoms with Crippen LogP contribution in [0, 0.1) is 5.92 Å². The number of hydrogen-bond donors (Lipinski definition) is 1. The summed E-state index contributed by atoms with van der Waals surface area (Å²) in [6.07, 6.45) is -1.37. The number of hydrogen-bond acceptors (Lipinski definition) is 7. The molecule has 0 aromatic rings. The van der Waals surface area contributed by atoms with E-state index in [9.17, 15) is 34.8 Å². The molecule has 1 N–H and O–H groups in total. The van der Waals surface area contributed by atoms with Gasteiger partial charge in [0.25, 0.3) is 0 Å². The third-order valence-corrected chi connectivity index (χ3v) is 1.84. The third-order valence-electron chi connectivity index (χ3n) is 1.84. The van der Waals surface area contributed by atoms with Gasteiger partial charge < -0.3 is 34.8 Å². The second-order valence-electron chi connectivity index (χ2n) is 2.80. The third kappa shape index (κ3) is 2.43. The Hall–Kier alpha value is -1.63. The van der Waals surface area contributed by atoms with Gasteiger partial charge in [0.2, 0.25) is 0 Å². The molecule has 7 heteroatoms. The van der Waals surface area contributed by atoms with Crippen molar-refractivity contribution in [2.75, 3.05) is 0 Å². The van der Waals surface area contributed by atoms with Crippen molar-refractivity contribution in [2.45, 2.75) is 18.9 Å². The maximum absolute atomic E-state index is 10.4. The predicted octanol–water partition coefficient (Wildman–Crippen LogP) is -5.01. The fourth-order valence-corrected chi connectivity index (χ4v) is 0.817. The molecule has 80 valence electrons. The van der Waals surface area contributed by atoms with Gasteiger partial charge in [-0.05, 0) is 0 Å². The molecule has 0 radical (unpaired) electrons. The van der Waals surface area contributed by atoms with Gasteiger partial charge in [-0.2, -0.15) is 0 Å². The quantitative estimate of drug-likeness (QED) is 0.471. The summed E-state index contributed by atoms with van der Waals surface area (Å²) in [5, 5.41) is 39.9. The molecule has 2 atom stereocenters. The molecule has 0 saturated carbocycles. The summed E-state index contributed by atoms with van der Waals surface area (Å²) >= 11 is 0. The first-order valence-corrected chi connectivity index (χ1v) is 3.56. The Labute approximate surface area is 78.6 Å². The number of aliphatic hydroxyl groups is 1. The van der Waals surface area contributed by atoms with Crippen LogP contribution in [0.1, 0.15) is 13.3 Å². The maximum Gasteiger partial charge on any atom is 0.117 e. The molecule has 14 heavy (non-hydrogen) atoms. The summed E-state index contributed by atoms with van der Waals surface area (Å²) < 4.78 is 0. The number of rotatable bonds is 5. The fourth-order valence-electron chi connectivity index (χ4n) is 0.817. The van der Waals surface area contributed by atoms with Gasteiger partial charge in [0.1, 0.15) is 5.60 Å². The first-order chi connectivity index (χ1) is 6.21. The van der Waals surface area contributed by atoms with E-state index in [1.807, 2.05) is 0 Å². The molecule has 0 aromatic heterocycles. The lowest BCUT2D eigenvalue weighted by Gasteiger charge is -2.35. The molecule has 0 aliphatic carbocycles. The van der Waals surface area contributed by atoms with Crippen molar-refractivity contribution in [1.82, 2.24) is 0 Å². The highest BCUT2D eigenvalue weighted by Crippen LogP contribution is 2.20. The number of carbonyl (C=O) groups is 3. The van der Waals surface area contributed by atoms with E-state index in [1.165, 1.54) is 0 Å². The van der Waals surface area contributed by atoms with Crippen LogP contribution in [0.3, 0.4) is 0 Å². The Morgan fingerprint density at radius 3 is 1.93 bits per heavy atom. The van der Waals surface area contributed by atoms with Crippen molar-refractivity contribution >= 4 is 17.9 Å². The lowest BCUT2D eigenvalue weighted by atomic mass is 9.86. The normalized spacial score (nSPS) is 16.7. The van der Waals surface area contributed by atoms with Crippen molar-refractivity contribution in [3.05, 3.63) is 0 Å². The first-order valence-electron chi connectivity index (χ1n) is 3.56. The lowest BCUT2D eigenvalue weighted by Crippen LogP contribution is -2.59. The monoisotopic (exact) mass is 203 g/mol. The number of aliphatic carboxylic acids is 3. The Morgan fingerprint density at radius 2 is 1.71 bits per heavy atom. The number of carboxylic acids is 3. The zero-order valence-corrected chi connectivity index (χ0v) is 7.18. The van der Waals surface area contributed by atoms with Crippen LogP contribution in [0.25, 0.3) is 0 Å². The summed E-state index contributed by atoms with van der Waals surface area (Å²) in [7, 11) is 0. The van der Waals surface area contributed by atoms with Gasteiger partial charge in [-0.15, -0.1) is 0 Å². The van der Waals surface area contributed by atoms with E-state index in [4.69, 9.17) is 0 Å².